The molecule has 0 N–H and O–H groups in total. The third kappa shape index (κ3) is 2.09. The number of benzene rings is 6. The second kappa shape index (κ2) is 6.44. The quantitative estimate of drug-likeness (QED) is 0.215. The first kappa shape index (κ1) is 18.5. The van der Waals surface area contributed by atoms with Gasteiger partial charge in [0, 0.05) is 32.3 Å². The number of fused-ring (bicyclic) bond motifs is 12. The number of nitrogens with zero attached hydrogens (tertiary/aromatic N) is 2. The van der Waals surface area contributed by atoms with E-state index in [0.717, 1.165) is 0 Å². The van der Waals surface area contributed by atoms with E-state index in [9.17, 15) is 0 Å². The number of aromatic nitrogens is 2. The molecule has 0 aliphatic carbocycles. The summed E-state index contributed by atoms with van der Waals surface area (Å²) < 4.78 is 4.99. The van der Waals surface area contributed by atoms with E-state index in [1.54, 1.807) is 0 Å². The fraction of sp³-hybridized carbons (Fsp3) is 0. The van der Waals surface area contributed by atoms with Crippen molar-refractivity contribution in [1.29, 1.82) is 0 Å². The Balaban J connectivity index is 1.82. The first-order valence-corrected chi connectivity index (χ1v) is 12.5. The zero-order valence-corrected chi connectivity index (χ0v) is 19.4. The van der Waals surface area contributed by atoms with Crippen LogP contribution in [0.15, 0.2) is 121 Å². The molecular weight excluding hydrogens is 436 g/mol. The zero-order chi connectivity index (χ0) is 23.4. The highest BCUT2D eigenvalue weighted by molar-refractivity contribution is 6.30. The van der Waals surface area contributed by atoms with Crippen molar-refractivity contribution in [3.05, 3.63) is 121 Å². The molecule has 0 bridgehead atoms. The monoisotopic (exact) mass is 456 g/mol. The summed E-state index contributed by atoms with van der Waals surface area (Å²) in [6, 6.07) is 44.6. The topological polar surface area (TPSA) is 8.82 Å². The standard InChI is InChI=1S/C34H20N2/c1-2-11-22-21(10-1)20-27-24-13-4-7-17-29(24)35-28-16-6-3-12-23(28)25-15-9-19-31(33(25)35)36-30-18-8-5-14-26(30)32(22)34(27)36/h1-20H. The van der Waals surface area contributed by atoms with Gasteiger partial charge in [-0.1, -0.05) is 91.0 Å². The van der Waals surface area contributed by atoms with Crippen LogP contribution in [0.1, 0.15) is 0 Å². The van der Waals surface area contributed by atoms with E-state index < -0.39 is 0 Å². The van der Waals surface area contributed by atoms with Gasteiger partial charge in [0.2, 0.25) is 0 Å². The Bertz CT molecular complexity index is 2370. The van der Waals surface area contributed by atoms with Crippen molar-refractivity contribution in [2.45, 2.75) is 0 Å². The fourth-order valence-corrected chi connectivity index (χ4v) is 6.63. The summed E-state index contributed by atoms with van der Waals surface area (Å²) in [4.78, 5) is 0. The van der Waals surface area contributed by atoms with E-state index in [1.165, 1.54) is 76.2 Å². The number of hydrogen-bond acceptors (Lipinski definition) is 0. The number of rotatable bonds is 0. The predicted molar refractivity (Wildman–Crippen MR) is 153 cm³/mol. The molecule has 9 rings (SSSR count). The third-order valence-electron chi connectivity index (χ3n) is 8.01. The summed E-state index contributed by atoms with van der Waals surface area (Å²) in [7, 11) is 0. The van der Waals surface area contributed by atoms with Crippen LogP contribution in [0, 0.1) is 0 Å². The Labute approximate surface area is 206 Å². The molecule has 36 heavy (non-hydrogen) atoms. The van der Waals surface area contributed by atoms with Crippen LogP contribution in [0.25, 0.3) is 76.2 Å². The first-order valence-electron chi connectivity index (χ1n) is 12.5. The molecule has 0 fully saturated rings. The molecule has 9 aromatic rings. The summed E-state index contributed by atoms with van der Waals surface area (Å²) in [5.74, 6) is 0. The average molecular weight is 457 g/mol. The summed E-state index contributed by atoms with van der Waals surface area (Å²) in [5, 5.41) is 10.3. The van der Waals surface area contributed by atoms with Crippen LogP contribution in [0.4, 0.5) is 0 Å². The molecule has 3 heterocycles. The maximum Gasteiger partial charge on any atom is 0.0782 e. The van der Waals surface area contributed by atoms with Crippen molar-refractivity contribution < 1.29 is 0 Å². The van der Waals surface area contributed by atoms with Gasteiger partial charge in [-0.3, -0.25) is 0 Å². The molecule has 0 aliphatic heterocycles. The molecular formula is C34H20N2. The van der Waals surface area contributed by atoms with Gasteiger partial charge in [0.25, 0.3) is 0 Å². The number of para-hydroxylation sites is 4. The average Bonchev–Trinajstić information content (AvgIpc) is 3.46. The van der Waals surface area contributed by atoms with Crippen LogP contribution in [0.5, 0.6) is 0 Å². The normalized spacial score (nSPS) is 12.4. The van der Waals surface area contributed by atoms with Gasteiger partial charge in [0.15, 0.2) is 0 Å². The van der Waals surface area contributed by atoms with Crippen molar-refractivity contribution in [3.63, 3.8) is 0 Å². The lowest BCUT2D eigenvalue weighted by molar-refractivity contribution is 1.30. The summed E-state index contributed by atoms with van der Waals surface area (Å²) in [6.07, 6.45) is 0. The molecule has 0 unspecified atom stereocenters. The van der Waals surface area contributed by atoms with E-state index in [0.29, 0.717) is 0 Å². The summed E-state index contributed by atoms with van der Waals surface area (Å²) in [5.41, 5.74) is 7.47. The lowest BCUT2D eigenvalue weighted by atomic mass is 9.99. The molecule has 0 aliphatic rings. The molecule has 2 heteroatoms. The van der Waals surface area contributed by atoms with Gasteiger partial charge >= 0.3 is 0 Å². The van der Waals surface area contributed by atoms with Crippen molar-refractivity contribution in [3.8, 4) is 0 Å². The van der Waals surface area contributed by atoms with Crippen LogP contribution >= 0.6 is 0 Å². The molecule has 0 atom stereocenters. The lowest BCUT2D eigenvalue weighted by Gasteiger charge is -2.12. The smallest absolute Gasteiger partial charge is 0.0782 e. The van der Waals surface area contributed by atoms with Crippen LogP contribution in [0.3, 0.4) is 0 Å². The second-order valence-electron chi connectivity index (χ2n) is 9.76. The Hall–Kier alpha value is -4.82. The van der Waals surface area contributed by atoms with Crippen molar-refractivity contribution >= 4 is 76.2 Å². The molecule has 3 aromatic heterocycles. The van der Waals surface area contributed by atoms with E-state index >= 15 is 0 Å². The van der Waals surface area contributed by atoms with Crippen LogP contribution in [-0.4, -0.2) is 8.80 Å². The van der Waals surface area contributed by atoms with Crippen LogP contribution < -0.4 is 0 Å². The van der Waals surface area contributed by atoms with Gasteiger partial charge < -0.3 is 8.80 Å². The van der Waals surface area contributed by atoms with Crippen molar-refractivity contribution in [1.82, 2.24) is 8.80 Å². The molecule has 0 radical (unpaired) electrons. The largest absolute Gasteiger partial charge is 0.307 e. The Morgan fingerprint density at radius 3 is 1.58 bits per heavy atom. The highest BCUT2D eigenvalue weighted by atomic mass is 15.0. The van der Waals surface area contributed by atoms with E-state index in [4.69, 9.17) is 0 Å². The minimum absolute atomic E-state index is 1.22. The highest BCUT2D eigenvalue weighted by Gasteiger charge is 2.20. The SMILES string of the molecule is c1ccc2c(c1)cc1c3ccccc3n3c4ccccc4c4cccc(c43)n3c4ccccc4c2c13. The summed E-state index contributed by atoms with van der Waals surface area (Å²) in [6.45, 7) is 0. The van der Waals surface area contributed by atoms with Gasteiger partial charge in [0.05, 0.1) is 33.1 Å². The number of hydrogen-bond donors (Lipinski definition) is 0. The molecule has 0 amide bonds. The third-order valence-corrected chi connectivity index (χ3v) is 8.01. The van der Waals surface area contributed by atoms with Crippen molar-refractivity contribution in [2.75, 3.05) is 0 Å². The van der Waals surface area contributed by atoms with Crippen LogP contribution in [0.2, 0.25) is 0 Å². The molecule has 6 aromatic carbocycles. The highest BCUT2D eigenvalue weighted by Crippen LogP contribution is 2.42. The van der Waals surface area contributed by atoms with Gasteiger partial charge in [-0.05, 0) is 41.1 Å². The lowest BCUT2D eigenvalue weighted by Crippen LogP contribution is -1.94. The Morgan fingerprint density at radius 2 is 0.833 bits per heavy atom. The molecule has 0 saturated carbocycles. The predicted octanol–water partition coefficient (Wildman–Crippen LogP) is 9.11. The summed E-state index contributed by atoms with van der Waals surface area (Å²) >= 11 is 0. The Kier molecular flexibility index (Phi) is 3.31. The molecule has 2 nitrogen and oxygen atoms in total. The van der Waals surface area contributed by atoms with Gasteiger partial charge in [-0.25, -0.2) is 0 Å². The minimum Gasteiger partial charge on any atom is -0.307 e. The first-order chi connectivity index (χ1) is 17.9. The van der Waals surface area contributed by atoms with E-state index in [2.05, 4.69) is 130 Å². The Morgan fingerprint density at radius 1 is 0.333 bits per heavy atom. The maximum absolute atomic E-state index is 2.51. The maximum atomic E-state index is 2.51. The molecule has 0 spiro atoms. The zero-order valence-electron chi connectivity index (χ0n) is 19.4. The van der Waals surface area contributed by atoms with Crippen molar-refractivity contribution in [2.24, 2.45) is 0 Å². The van der Waals surface area contributed by atoms with Gasteiger partial charge in [0.1, 0.15) is 0 Å². The fourth-order valence-electron chi connectivity index (χ4n) is 6.63. The minimum atomic E-state index is 1.22. The van der Waals surface area contributed by atoms with Gasteiger partial charge in [-0.2, -0.15) is 0 Å². The van der Waals surface area contributed by atoms with E-state index in [-0.39, 0.29) is 0 Å². The van der Waals surface area contributed by atoms with Crippen LogP contribution in [-0.2, 0) is 0 Å². The molecule has 0 saturated heterocycles. The molecule has 166 valence electrons. The van der Waals surface area contributed by atoms with E-state index in [1.807, 2.05) is 0 Å². The second-order valence-corrected chi connectivity index (χ2v) is 9.76. The van der Waals surface area contributed by atoms with Gasteiger partial charge in [-0.15, -0.1) is 0 Å².